The molecule has 21 heavy (non-hydrogen) atoms. The second-order valence-corrected chi connectivity index (χ2v) is 5.52. The molecule has 1 nitrogen and oxygen atoms in total. The smallest absolute Gasteiger partial charge is 0.131 e. The van der Waals surface area contributed by atoms with Gasteiger partial charge in [0.1, 0.15) is 5.75 Å². The van der Waals surface area contributed by atoms with E-state index in [-0.39, 0.29) is 0 Å². The molecule has 0 heterocycles. The SMILES string of the molecule is Oc1c(C2=CC=CC2)c(C2=CC=CC2)cc2ccccc12. The number of hydrogen-bond donors (Lipinski definition) is 1. The lowest BCUT2D eigenvalue weighted by Gasteiger charge is -2.16. The molecule has 0 radical (unpaired) electrons. The molecule has 2 aliphatic rings. The van der Waals surface area contributed by atoms with E-state index in [1.165, 1.54) is 11.1 Å². The highest BCUT2D eigenvalue weighted by Gasteiger charge is 2.19. The van der Waals surface area contributed by atoms with E-state index in [2.05, 4.69) is 48.6 Å². The first-order valence-corrected chi connectivity index (χ1v) is 7.31. The van der Waals surface area contributed by atoms with Crippen LogP contribution in [0.4, 0.5) is 0 Å². The standard InChI is InChI=1S/C20H16O/c21-20-17-12-6-5-11-16(17)13-18(14-7-1-2-8-14)19(20)15-9-3-4-10-15/h1-7,9,11-13,21H,8,10H2. The van der Waals surface area contributed by atoms with Gasteiger partial charge in [-0.3, -0.25) is 0 Å². The Labute approximate surface area is 124 Å². The van der Waals surface area contributed by atoms with Gasteiger partial charge < -0.3 is 5.11 Å². The van der Waals surface area contributed by atoms with Gasteiger partial charge in [-0.25, -0.2) is 0 Å². The molecule has 0 bridgehead atoms. The largest absolute Gasteiger partial charge is 0.507 e. The number of aromatic hydroxyl groups is 1. The van der Waals surface area contributed by atoms with Crippen LogP contribution in [0, 0.1) is 0 Å². The van der Waals surface area contributed by atoms with Crippen molar-refractivity contribution >= 4 is 21.9 Å². The van der Waals surface area contributed by atoms with Crippen LogP contribution in [0.3, 0.4) is 0 Å². The summed E-state index contributed by atoms with van der Waals surface area (Å²) in [7, 11) is 0. The normalized spacial score (nSPS) is 16.6. The van der Waals surface area contributed by atoms with Crippen molar-refractivity contribution in [3.8, 4) is 5.75 Å². The Balaban J connectivity index is 2.03. The summed E-state index contributed by atoms with van der Waals surface area (Å²) < 4.78 is 0. The Kier molecular flexibility index (Phi) is 2.78. The highest BCUT2D eigenvalue weighted by molar-refractivity contribution is 5.99. The lowest BCUT2D eigenvalue weighted by Crippen LogP contribution is -1.94. The van der Waals surface area contributed by atoms with Gasteiger partial charge in [0.25, 0.3) is 0 Å². The molecular formula is C20H16O. The van der Waals surface area contributed by atoms with Crippen LogP contribution in [0.1, 0.15) is 24.0 Å². The summed E-state index contributed by atoms with van der Waals surface area (Å²) in [5.41, 5.74) is 4.62. The molecule has 4 rings (SSSR count). The van der Waals surface area contributed by atoms with Crippen molar-refractivity contribution in [2.24, 2.45) is 0 Å². The van der Waals surface area contributed by atoms with Gasteiger partial charge >= 0.3 is 0 Å². The predicted octanol–water partition coefficient (Wildman–Crippen LogP) is 5.23. The van der Waals surface area contributed by atoms with Crippen LogP contribution in [0.2, 0.25) is 0 Å². The van der Waals surface area contributed by atoms with Gasteiger partial charge in [0.15, 0.2) is 0 Å². The van der Waals surface area contributed by atoms with Crippen molar-refractivity contribution < 1.29 is 5.11 Å². The number of allylic oxidation sites excluding steroid dienone is 8. The number of phenols is 1. The first-order valence-electron chi connectivity index (χ1n) is 7.31. The number of fused-ring (bicyclic) bond motifs is 1. The summed E-state index contributed by atoms with van der Waals surface area (Å²) in [6, 6.07) is 10.3. The molecule has 0 spiro atoms. The van der Waals surface area contributed by atoms with Crippen molar-refractivity contribution in [2.75, 3.05) is 0 Å². The van der Waals surface area contributed by atoms with Crippen LogP contribution in [0.25, 0.3) is 21.9 Å². The first kappa shape index (κ1) is 12.2. The van der Waals surface area contributed by atoms with E-state index >= 15 is 0 Å². The molecule has 2 aromatic rings. The van der Waals surface area contributed by atoms with E-state index < -0.39 is 0 Å². The minimum Gasteiger partial charge on any atom is -0.507 e. The Hall–Kier alpha value is -2.54. The zero-order chi connectivity index (χ0) is 14.2. The van der Waals surface area contributed by atoms with E-state index in [0.717, 1.165) is 34.7 Å². The first-order chi connectivity index (χ1) is 10.3. The van der Waals surface area contributed by atoms with Gasteiger partial charge in [-0.2, -0.15) is 0 Å². The van der Waals surface area contributed by atoms with Gasteiger partial charge in [0.05, 0.1) is 0 Å². The maximum atomic E-state index is 10.8. The fourth-order valence-electron chi connectivity index (χ4n) is 3.19. The van der Waals surface area contributed by atoms with Gasteiger partial charge in [0, 0.05) is 10.9 Å². The van der Waals surface area contributed by atoms with Gasteiger partial charge in [0.2, 0.25) is 0 Å². The third-order valence-electron chi connectivity index (χ3n) is 4.23. The summed E-state index contributed by atoms with van der Waals surface area (Å²) in [4.78, 5) is 0. The number of benzene rings is 2. The van der Waals surface area contributed by atoms with Gasteiger partial charge in [-0.05, 0) is 41.0 Å². The minimum absolute atomic E-state index is 0.408. The van der Waals surface area contributed by atoms with Crippen LogP contribution in [0.15, 0.2) is 66.8 Å². The van der Waals surface area contributed by atoms with Crippen LogP contribution < -0.4 is 0 Å². The monoisotopic (exact) mass is 272 g/mol. The van der Waals surface area contributed by atoms with E-state index in [0.29, 0.717) is 5.75 Å². The fraction of sp³-hybridized carbons (Fsp3) is 0.100. The topological polar surface area (TPSA) is 20.2 Å². The highest BCUT2D eigenvalue weighted by atomic mass is 16.3. The zero-order valence-electron chi connectivity index (χ0n) is 11.7. The quantitative estimate of drug-likeness (QED) is 0.793. The summed E-state index contributed by atoms with van der Waals surface area (Å²) in [6.45, 7) is 0. The van der Waals surface area contributed by atoms with Crippen molar-refractivity contribution in [1.82, 2.24) is 0 Å². The molecule has 0 atom stereocenters. The Morgan fingerprint density at radius 2 is 1.57 bits per heavy atom. The minimum atomic E-state index is 0.408. The third-order valence-corrected chi connectivity index (χ3v) is 4.23. The Morgan fingerprint density at radius 1 is 0.857 bits per heavy atom. The summed E-state index contributed by atoms with van der Waals surface area (Å²) in [5, 5.41) is 12.9. The van der Waals surface area contributed by atoms with Crippen LogP contribution in [-0.4, -0.2) is 5.11 Å². The van der Waals surface area contributed by atoms with E-state index in [1.54, 1.807) is 0 Å². The second-order valence-electron chi connectivity index (χ2n) is 5.52. The van der Waals surface area contributed by atoms with Crippen molar-refractivity contribution in [3.05, 3.63) is 77.9 Å². The average molecular weight is 272 g/mol. The molecule has 0 saturated heterocycles. The van der Waals surface area contributed by atoms with Crippen molar-refractivity contribution in [2.45, 2.75) is 12.8 Å². The van der Waals surface area contributed by atoms with E-state index in [1.807, 2.05) is 18.2 Å². The fourth-order valence-corrected chi connectivity index (χ4v) is 3.19. The molecule has 0 aromatic heterocycles. The highest BCUT2D eigenvalue weighted by Crippen LogP contribution is 2.42. The van der Waals surface area contributed by atoms with Crippen LogP contribution in [-0.2, 0) is 0 Å². The number of rotatable bonds is 2. The molecule has 0 aliphatic heterocycles. The van der Waals surface area contributed by atoms with Gasteiger partial charge in [-0.15, -0.1) is 0 Å². The van der Waals surface area contributed by atoms with Crippen LogP contribution in [0.5, 0.6) is 5.75 Å². The van der Waals surface area contributed by atoms with E-state index in [4.69, 9.17) is 0 Å². The Morgan fingerprint density at radius 3 is 2.29 bits per heavy atom. The summed E-state index contributed by atoms with van der Waals surface area (Å²) in [6.07, 6.45) is 14.5. The second kappa shape index (κ2) is 4.78. The molecule has 0 saturated carbocycles. The Bertz CT molecular complexity index is 848. The molecule has 1 heteroatoms. The van der Waals surface area contributed by atoms with Gasteiger partial charge in [-0.1, -0.05) is 60.7 Å². The molecule has 2 aromatic carbocycles. The lowest BCUT2D eigenvalue weighted by atomic mass is 9.89. The van der Waals surface area contributed by atoms with Crippen molar-refractivity contribution in [1.29, 1.82) is 0 Å². The molecule has 2 aliphatic carbocycles. The van der Waals surface area contributed by atoms with E-state index in [9.17, 15) is 5.11 Å². The van der Waals surface area contributed by atoms with Crippen LogP contribution >= 0.6 is 0 Å². The lowest BCUT2D eigenvalue weighted by molar-refractivity contribution is 0.479. The number of phenolic OH excluding ortho intramolecular Hbond substituents is 1. The maximum absolute atomic E-state index is 10.8. The summed E-state index contributed by atoms with van der Waals surface area (Å²) in [5.74, 6) is 0.408. The molecular weight excluding hydrogens is 256 g/mol. The zero-order valence-corrected chi connectivity index (χ0v) is 11.7. The summed E-state index contributed by atoms with van der Waals surface area (Å²) >= 11 is 0. The molecule has 0 fully saturated rings. The maximum Gasteiger partial charge on any atom is 0.131 e. The molecule has 102 valence electrons. The molecule has 1 N–H and O–H groups in total. The average Bonchev–Trinajstić information content (AvgIpc) is 3.20. The predicted molar refractivity (Wildman–Crippen MR) is 89.1 cm³/mol. The number of hydrogen-bond acceptors (Lipinski definition) is 1. The third kappa shape index (κ3) is 1.93. The molecule has 0 unspecified atom stereocenters. The van der Waals surface area contributed by atoms with Crippen molar-refractivity contribution in [3.63, 3.8) is 0 Å². The molecule has 0 amide bonds.